The van der Waals surface area contributed by atoms with Crippen LogP contribution in [0.2, 0.25) is 0 Å². The lowest BCUT2D eigenvalue weighted by Gasteiger charge is -2.45. The van der Waals surface area contributed by atoms with Crippen LogP contribution in [0, 0.1) is 0 Å². The van der Waals surface area contributed by atoms with Gasteiger partial charge in [-0.15, -0.1) is 0 Å². The summed E-state index contributed by atoms with van der Waals surface area (Å²) >= 11 is 0. The van der Waals surface area contributed by atoms with Crippen LogP contribution in [0.3, 0.4) is 0 Å². The van der Waals surface area contributed by atoms with Crippen LogP contribution in [0.4, 0.5) is 4.79 Å². The molecule has 110 valence electrons. The van der Waals surface area contributed by atoms with E-state index in [9.17, 15) is 4.79 Å². The van der Waals surface area contributed by atoms with Crippen LogP contribution in [0.25, 0.3) is 0 Å². The molecule has 0 aliphatic carbocycles. The Hall–Kier alpha value is -1.56. The second-order valence-corrected chi connectivity index (χ2v) is 7.07. The zero-order valence-corrected chi connectivity index (χ0v) is 12.6. The van der Waals surface area contributed by atoms with Gasteiger partial charge < -0.3 is 9.64 Å². The molecule has 1 spiro atoms. The number of likely N-dealkylation sites (tertiary alicyclic amines) is 1. The van der Waals surface area contributed by atoms with Gasteiger partial charge >= 0.3 is 6.09 Å². The summed E-state index contributed by atoms with van der Waals surface area (Å²) < 4.78 is 5.47. The number of nitrogens with one attached hydrogen (secondary N) is 1. The lowest BCUT2D eigenvalue weighted by molar-refractivity contribution is -0.0774. The molecule has 3 heterocycles. The van der Waals surface area contributed by atoms with Crippen molar-refractivity contribution in [3.05, 3.63) is 17.5 Å². The number of carbonyl (C=O) groups is 1. The molecule has 3 rings (SSSR count). The first-order valence-electron chi connectivity index (χ1n) is 6.98. The molecule has 20 heavy (non-hydrogen) atoms. The van der Waals surface area contributed by atoms with Gasteiger partial charge in [-0.3, -0.25) is 10.00 Å². The summed E-state index contributed by atoms with van der Waals surface area (Å²) in [5.74, 6) is 0. The Morgan fingerprint density at radius 3 is 2.65 bits per heavy atom. The molecule has 0 unspecified atom stereocenters. The second-order valence-electron chi connectivity index (χ2n) is 7.07. The van der Waals surface area contributed by atoms with Crippen LogP contribution in [0.1, 0.15) is 32.0 Å². The molecule has 6 heteroatoms. The predicted molar refractivity (Wildman–Crippen MR) is 74.4 cm³/mol. The molecule has 1 aromatic rings. The largest absolute Gasteiger partial charge is 0.438 e. The maximum absolute atomic E-state index is 11.5. The number of ether oxygens (including phenoxy) is 1. The third kappa shape index (κ3) is 2.18. The first-order chi connectivity index (χ1) is 9.29. The molecular weight excluding hydrogens is 256 g/mol. The zero-order valence-electron chi connectivity index (χ0n) is 12.6. The fourth-order valence-electron chi connectivity index (χ4n) is 3.16. The van der Waals surface area contributed by atoms with Crippen LogP contribution in [-0.2, 0) is 16.7 Å². The maximum atomic E-state index is 11.5. The normalized spacial score (nSPS) is 22.2. The smallest absolute Gasteiger partial charge is 0.410 e. The quantitative estimate of drug-likeness (QED) is 0.887. The van der Waals surface area contributed by atoms with Crippen molar-refractivity contribution in [2.45, 2.75) is 38.3 Å². The van der Waals surface area contributed by atoms with E-state index in [4.69, 9.17) is 4.74 Å². The Labute approximate surface area is 119 Å². The van der Waals surface area contributed by atoms with Crippen LogP contribution in [0.15, 0.2) is 6.20 Å². The molecule has 0 saturated carbocycles. The second kappa shape index (κ2) is 4.22. The number of hydrogen-bond acceptors (Lipinski definition) is 4. The number of rotatable bonds is 2. The van der Waals surface area contributed by atoms with Crippen molar-refractivity contribution < 1.29 is 9.53 Å². The monoisotopic (exact) mass is 278 g/mol. The molecule has 0 atom stereocenters. The Kier molecular flexibility index (Phi) is 2.83. The lowest BCUT2D eigenvalue weighted by atomic mass is 9.88. The van der Waals surface area contributed by atoms with Crippen molar-refractivity contribution in [1.82, 2.24) is 20.0 Å². The summed E-state index contributed by atoms with van der Waals surface area (Å²) in [6.07, 6.45) is 1.70. The lowest BCUT2D eigenvalue weighted by Crippen LogP contribution is -2.63. The molecular formula is C14H22N4O2. The van der Waals surface area contributed by atoms with Gasteiger partial charge in [-0.25, -0.2) is 4.79 Å². The van der Waals surface area contributed by atoms with E-state index in [-0.39, 0.29) is 17.1 Å². The van der Waals surface area contributed by atoms with Gasteiger partial charge in [0.25, 0.3) is 0 Å². The number of H-pyrrole nitrogens is 1. The Balaban J connectivity index is 1.63. The van der Waals surface area contributed by atoms with Crippen molar-refractivity contribution in [3.8, 4) is 0 Å². The number of nitrogens with zero attached hydrogens (tertiary/aromatic N) is 3. The van der Waals surface area contributed by atoms with Gasteiger partial charge in [0, 0.05) is 43.4 Å². The molecule has 2 aliphatic rings. The average Bonchev–Trinajstić information content (AvgIpc) is 2.83. The molecule has 1 amide bonds. The Morgan fingerprint density at radius 1 is 1.40 bits per heavy atom. The van der Waals surface area contributed by atoms with Crippen molar-refractivity contribution in [3.63, 3.8) is 0 Å². The topological polar surface area (TPSA) is 61.5 Å². The van der Waals surface area contributed by atoms with Crippen LogP contribution in [0.5, 0.6) is 0 Å². The summed E-state index contributed by atoms with van der Waals surface area (Å²) in [6, 6.07) is 0. The molecule has 6 nitrogen and oxygen atoms in total. The van der Waals surface area contributed by atoms with Crippen LogP contribution in [-0.4, -0.2) is 58.4 Å². The molecule has 2 fully saturated rings. The summed E-state index contributed by atoms with van der Waals surface area (Å²) in [7, 11) is 1.79. The molecule has 0 aromatic carbocycles. The maximum Gasteiger partial charge on any atom is 0.410 e. The standard InChI is InChI=1S/C14H22N4O2/c1-13(2,3)11-10(5-15-16-11)6-18-8-14(9-18)7-17(4)12(19)20-14/h5H,6-9H2,1-4H3,(H,15,16). The highest BCUT2D eigenvalue weighted by Gasteiger charge is 2.52. The third-order valence-corrected chi connectivity index (χ3v) is 4.03. The van der Waals surface area contributed by atoms with E-state index < -0.39 is 0 Å². The van der Waals surface area contributed by atoms with E-state index in [0.717, 1.165) is 19.6 Å². The molecule has 0 bridgehead atoms. The summed E-state index contributed by atoms with van der Waals surface area (Å²) in [5.41, 5.74) is 2.19. The molecule has 0 radical (unpaired) electrons. The fraction of sp³-hybridized carbons (Fsp3) is 0.714. The molecule has 2 saturated heterocycles. The van der Waals surface area contributed by atoms with E-state index in [0.29, 0.717) is 6.54 Å². The van der Waals surface area contributed by atoms with Gasteiger partial charge in [-0.2, -0.15) is 5.10 Å². The summed E-state index contributed by atoms with van der Waals surface area (Å²) in [6.45, 7) is 9.68. The van der Waals surface area contributed by atoms with Gasteiger partial charge in [-0.1, -0.05) is 20.8 Å². The van der Waals surface area contributed by atoms with Crippen LogP contribution >= 0.6 is 0 Å². The first kappa shape index (κ1) is 13.4. The first-order valence-corrected chi connectivity index (χ1v) is 6.98. The minimum atomic E-state index is -0.280. The minimum absolute atomic E-state index is 0.0639. The summed E-state index contributed by atoms with van der Waals surface area (Å²) in [4.78, 5) is 15.4. The highest BCUT2D eigenvalue weighted by Crippen LogP contribution is 2.33. The Bertz CT molecular complexity index is 526. The summed E-state index contributed by atoms with van der Waals surface area (Å²) in [5, 5.41) is 7.27. The molecule has 1 aromatic heterocycles. The van der Waals surface area contributed by atoms with Crippen LogP contribution < -0.4 is 0 Å². The van der Waals surface area contributed by atoms with Gasteiger partial charge in [0.15, 0.2) is 5.60 Å². The highest BCUT2D eigenvalue weighted by molar-refractivity contribution is 5.70. The van der Waals surface area contributed by atoms with Gasteiger partial charge in [0.1, 0.15) is 0 Å². The van der Waals surface area contributed by atoms with Gasteiger partial charge in [0.2, 0.25) is 0 Å². The Morgan fingerprint density at radius 2 is 2.10 bits per heavy atom. The molecule has 1 N–H and O–H groups in total. The van der Waals surface area contributed by atoms with Crippen molar-refractivity contribution in [2.75, 3.05) is 26.7 Å². The van der Waals surface area contributed by atoms with Crippen molar-refractivity contribution in [2.24, 2.45) is 0 Å². The van der Waals surface area contributed by atoms with Gasteiger partial charge in [0.05, 0.1) is 12.7 Å². The predicted octanol–water partition coefficient (Wildman–Crippen LogP) is 1.34. The number of hydrogen-bond donors (Lipinski definition) is 1. The highest BCUT2D eigenvalue weighted by atomic mass is 16.6. The molecule has 2 aliphatic heterocycles. The third-order valence-electron chi connectivity index (χ3n) is 4.03. The van der Waals surface area contributed by atoms with E-state index in [1.807, 2.05) is 6.20 Å². The number of aromatic nitrogens is 2. The van der Waals surface area contributed by atoms with Crippen molar-refractivity contribution >= 4 is 6.09 Å². The van der Waals surface area contributed by atoms with E-state index in [2.05, 4.69) is 35.9 Å². The van der Waals surface area contributed by atoms with E-state index >= 15 is 0 Å². The van der Waals surface area contributed by atoms with E-state index in [1.54, 1.807) is 11.9 Å². The average molecular weight is 278 g/mol. The van der Waals surface area contributed by atoms with Crippen molar-refractivity contribution in [1.29, 1.82) is 0 Å². The van der Waals surface area contributed by atoms with E-state index in [1.165, 1.54) is 11.3 Å². The SMILES string of the molecule is CN1CC2(CN(Cc3cn[nH]c3C(C)(C)C)C2)OC1=O. The zero-order chi connectivity index (χ0) is 14.5. The number of aromatic amines is 1. The minimum Gasteiger partial charge on any atom is -0.438 e. The number of amides is 1. The fourth-order valence-corrected chi connectivity index (χ4v) is 3.16. The number of likely N-dealkylation sites (N-methyl/N-ethyl adjacent to an activating group) is 1. The number of carbonyl (C=O) groups excluding carboxylic acids is 1. The van der Waals surface area contributed by atoms with Gasteiger partial charge in [-0.05, 0) is 0 Å².